The largest absolute Gasteiger partial charge is 0.481 e. The Morgan fingerprint density at radius 3 is 2.20 bits per heavy atom. The Morgan fingerprint density at radius 2 is 1.57 bits per heavy atom. The van der Waals surface area contributed by atoms with Crippen LogP contribution in [0.4, 0.5) is 5.69 Å². The number of amides is 2. The number of hydrogen-bond acceptors (Lipinski definition) is 5. The molecule has 0 heterocycles. The van der Waals surface area contributed by atoms with Crippen molar-refractivity contribution >= 4 is 40.9 Å². The summed E-state index contributed by atoms with van der Waals surface area (Å²) in [5.41, 5.74) is 14.8. The maximum Gasteiger partial charge on any atom is 0.300 e. The van der Waals surface area contributed by atoms with Gasteiger partial charge in [-0.1, -0.05) is 41.9 Å². The molecule has 0 atom stereocenters. The highest BCUT2D eigenvalue weighted by Gasteiger charge is 2.10. The molecule has 3 rings (SSSR count). The van der Waals surface area contributed by atoms with Gasteiger partial charge in [0.05, 0.1) is 0 Å². The summed E-state index contributed by atoms with van der Waals surface area (Å²) in [7, 11) is 0. The molecule has 0 aliphatic rings. The highest BCUT2D eigenvalue weighted by molar-refractivity contribution is 6.30. The molecule has 0 fully saturated rings. The molecule has 10 heteroatoms. The average molecular weight is 496 g/mol. The Kier molecular flexibility index (Phi) is 9.80. The highest BCUT2D eigenvalue weighted by Crippen LogP contribution is 2.20. The maximum atomic E-state index is 12.4. The molecule has 0 aromatic heterocycles. The summed E-state index contributed by atoms with van der Waals surface area (Å²) >= 11 is 5.96. The van der Waals surface area contributed by atoms with Crippen LogP contribution in [0.5, 0.6) is 0 Å². The van der Waals surface area contributed by atoms with Gasteiger partial charge in [0, 0.05) is 47.4 Å². The molecule has 0 saturated heterocycles. The SMILES string of the molecule is CC(=O)O.N=C(N)c1ccc(CNC(=O)c2cccc(Cl)c2)c(NCc2cccc(C(N)=O)c2)c1. The van der Waals surface area contributed by atoms with Gasteiger partial charge in [-0.2, -0.15) is 0 Å². The maximum absolute atomic E-state index is 12.4. The Morgan fingerprint density at radius 1 is 0.914 bits per heavy atom. The van der Waals surface area contributed by atoms with E-state index in [0.29, 0.717) is 33.9 Å². The molecule has 8 N–H and O–H groups in total. The first-order chi connectivity index (χ1) is 16.6. The predicted molar refractivity (Wildman–Crippen MR) is 136 cm³/mol. The first kappa shape index (κ1) is 26.9. The van der Waals surface area contributed by atoms with Crippen molar-refractivity contribution in [3.63, 3.8) is 0 Å². The third-order valence-electron chi connectivity index (χ3n) is 4.64. The van der Waals surface area contributed by atoms with Gasteiger partial charge in [-0.15, -0.1) is 0 Å². The van der Waals surface area contributed by atoms with Crippen molar-refractivity contribution in [3.05, 3.63) is 99.6 Å². The average Bonchev–Trinajstić information content (AvgIpc) is 2.81. The lowest BCUT2D eigenvalue weighted by Crippen LogP contribution is -2.23. The normalized spacial score (nSPS) is 9.89. The molecule has 0 spiro atoms. The predicted octanol–water partition coefficient (Wildman–Crippen LogP) is 3.36. The standard InChI is InChI=1S/C23H22ClN5O2.C2H4O2/c24-19-6-2-5-17(10-19)23(31)29-13-18-8-7-15(21(25)26)11-20(18)28-12-14-3-1-4-16(9-14)22(27)30;1-2(3)4/h1-11,28H,12-13H2,(H3,25,26)(H2,27,30)(H,29,31);1H3,(H,3,4). The van der Waals surface area contributed by atoms with Crippen molar-refractivity contribution in [1.82, 2.24) is 5.32 Å². The number of benzene rings is 3. The smallest absolute Gasteiger partial charge is 0.300 e. The van der Waals surface area contributed by atoms with Crippen molar-refractivity contribution < 1.29 is 19.5 Å². The number of hydrogen-bond donors (Lipinski definition) is 6. The van der Waals surface area contributed by atoms with E-state index in [1.165, 1.54) is 0 Å². The molecule has 3 aromatic carbocycles. The highest BCUT2D eigenvalue weighted by atomic mass is 35.5. The summed E-state index contributed by atoms with van der Waals surface area (Å²) in [6, 6.07) is 19.0. The van der Waals surface area contributed by atoms with E-state index in [9.17, 15) is 9.59 Å². The molecular weight excluding hydrogens is 470 g/mol. The van der Waals surface area contributed by atoms with Crippen molar-refractivity contribution in [2.75, 3.05) is 5.32 Å². The topological polar surface area (TPSA) is 171 Å². The minimum Gasteiger partial charge on any atom is -0.481 e. The molecule has 0 radical (unpaired) electrons. The monoisotopic (exact) mass is 495 g/mol. The van der Waals surface area contributed by atoms with Crippen LogP contribution in [0.3, 0.4) is 0 Å². The lowest BCUT2D eigenvalue weighted by atomic mass is 10.1. The number of rotatable bonds is 8. The number of carbonyl (C=O) groups is 3. The summed E-state index contributed by atoms with van der Waals surface area (Å²) in [4.78, 5) is 32.9. The Bertz CT molecular complexity index is 1240. The first-order valence-corrected chi connectivity index (χ1v) is 10.8. The molecule has 182 valence electrons. The third kappa shape index (κ3) is 8.82. The lowest BCUT2D eigenvalue weighted by molar-refractivity contribution is -0.134. The van der Waals surface area contributed by atoms with Crippen LogP contribution in [0.25, 0.3) is 0 Å². The second-order valence-electron chi connectivity index (χ2n) is 7.42. The number of anilines is 1. The van der Waals surface area contributed by atoms with Crippen LogP contribution >= 0.6 is 11.6 Å². The number of nitrogens with one attached hydrogen (secondary N) is 3. The molecular formula is C25H26ClN5O4. The van der Waals surface area contributed by atoms with E-state index in [1.807, 2.05) is 6.07 Å². The van der Waals surface area contributed by atoms with Gasteiger partial charge in [0.2, 0.25) is 5.91 Å². The van der Waals surface area contributed by atoms with E-state index < -0.39 is 11.9 Å². The zero-order valence-electron chi connectivity index (χ0n) is 19.0. The fraction of sp³-hybridized carbons (Fsp3) is 0.120. The fourth-order valence-electron chi connectivity index (χ4n) is 3.00. The summed E-state index contributed by atoms with van der Waals surface area (Å²) in [6.45, 7) is 1.75. The van der Waals surface area contributed by atoms with E-state index in [-0.39, 0.29) is 18.3 Å². The van der Waals surface area contributed by atoms with E-state index >= 15 is 0 Å². The van der Waals surface area contributed by atoms with Crippen LogP contribution in [0, 0.1) is 5.41 Å². The Hall–Kier alpha value is -4.37. The van der Waals surface area contributed by atoms with Crippen molar-refractivity contribution in [2.45, 2.75) is 20.0 Å². The first-order valence-electron chi connectivity index (χ1n) is 10.4. The number of halogens is 1. The minimum absolute atomic E-state index is 0.0618. The van der Waals surface area contributed by atoms with Crippen LogP contribution in [0.15, 0.2) is 66.7 Å². The van der Waals surface area contributed by atoms with Crippen LogP contribution in [0.2, 0.25) is 5.02 Å². The van der Waals surface area contributed by atoms with E-state index in [2.05, 4.69) is 10.6 Å². The molecule has 0 aliphatic carbocycles. The lowest BCUT2D eigenvalue weighted by Gasteiger charge is -2.15. The molecule has 3 aromatic rings. The van der Waals surface area contributed by atoms with Crippen molar-refractivity contribution in [2.24, 2.45) is 11.5 Å². The van der Waals surface area contributed by atoms with Crippen molar-refractivity contribution in [1.29, 1.82) is 5.41 Å². The van der Waals surface area contributed by atoms with Crippen LogP contribution in [-0.2, 0) is 17.9 Å². The number of nitrogens with two attached hydrogens (primary N) is 2. The number of amidine groups is 1. The Labute approximate surface area is 207 Å². The zero-order valence-corrected chi connectivity index (χ0v) is 19.7. The van der Waals surface area contributed by atoms with Gasteiger partial charge in [-0.25, -0.2) is 0 Å². The van der Waals surface area contributed by atoms with Gasteiger partial charge in [-0.3, -0.25) is 19.8 Å². The number of primary amides is 1. The molecule has 2 amide bonds. The van der Waals surface area contributed by atoms with Gasteiger partial charge >= 0.3 is 0 Å². The number of carbonyl (C=O) groups excluding carboxylic acids is 2. The molecule has 0 aliphatic heterocycles. The number of nitrogen functional groups attached to an aromatic ring is 1. The van der Waals surface area contributed by atoms with Gasteiger partial charge < -0.3 is 27.2 Å². The third-order valence-corrected chi connectivity index (χ3v) is 4.88. The van der Waals surface area contributed by atoms with Crippen LogP contribution in [0.1, 0.15) is 44.3 Å². The summed E-state index contributed by atoms with van der Waals surface area (Å²) in [5.74, 6) is -1.64. The van der Waals surface area contributed by atoms with Crippen LogP contribution in [-0.4, -0.2) is 28.7 Å². The number of carboxylic acids is 1. The second kappa shape index (κ2) is 12.8. The minimum atomic E-state index is -0.833. The van der Waals surface area contributed by atoms with Gasteiger partial charge in [0.1, 0.15) is 5.84 Å². The molecule has 0 saturated carbocycles. The van der Waals surface area contributed by atoms with E-state index in [4.69, 9.17) is 38.4 Å². The summed E-state index contributed by atoms with van der Waals surface area (Å²) < 4.78 is 0. The second-order valence-corrected chi connectivity index (χ2v) is 7.85. The summed E-state index contributed by atoms with van der Waals surface area (Å²) in [5, 5.41) is 21.8. The van der Waals surface area contributed by atoms with E-state index in [0.717, 1.165) is 18.1 Å². The summed E-state index contributed by atoms with van der Waals surface area (Å²) in [6.07, 6.45) is 0. The number of carboxylic acid groups (broad SMARTS) is 1. The van der Waals surface area contributed by atoms with Gasteiger partial charge in [0.25, 0.3) is 11.9 Å². The van der Waals surface area contributed by atoms with Gasteiger partial charge in [-0.05, 0) is 47.5 Å². The number of aliphatic carboxylic acids is 1. The molecule has 0 bridgehead atoms. The fourth-order valence-corrected chi connectivity index (χ4v) is 3.19. The van der Waals surface area contributed by atoms with Crippen molar-refractivity contribution in [3.8, 4) is 0 Å². The zero-order chi connectivity index (χ0) is 26.0. The van der Waals surface area contributed by atoms with Gasteiger partial charge in [0.15, 0.2) is 0 Å². The Balaban J connectivity index is 0.00000100. The molecule has 0 unspecified atom stereocenters. The quantitative estimate of drug-likeness (QED) is 0.206. The molecule has 35 heavy (non-hydrogen) atoms. The van der Waals surface area contributed by atoms with E-state index in [1.54, 1.807) is 60.7 Å². The molecule has 9 nitrogen and oxygen atoms in total. The van der Waals surface area contributed by atoms with Crippen LogP contribution < -0.4 is 22.1 Å².